The summed E-state index contributed by atoms with van der Waals surface area (Å²) < 4.78 is 8.12. The van der Waals surface area contributed by atoms with Crippen molar-refractivity contribution in [1.82, 2.24) is 13.2 Å². The van der Waals surface area contributed by atoms with Crippen LogP contribution in [-0.2, 0) is 11.2 Å². The molecule has 0 spiro atoms. The molecule has 1 aliphatic carbocycles. The van der Waals surface area contributed by atoms with Gasteiger partial charge in [0.15, 0.2) is 0 Å². The lowest BCUT2D eigenvalue weighted by atomic mass is 9.87. The van der Waals surface area contributed by atoms with E-state index in [2.05, 4.69) is 95.6 Å². The van der Waals surface area contributed by atoms with Crippen LogP contribution in [0.4, 0.5) is 0 Å². The zero-order valence-corrected chi connectivity index (χ0v) is 15.8. The Morgan fingerprint density at radius 2 is 1.79 bits per heavy atom. The minimum atomic E-state index is 0.0156. The predicted molar refractivity (Wildman–Crippen MR) is 103 cm³/mol. The fourth-order valence-electron chi connectivity index (χ4n) is 3.35. The van der Waals surface area contributed by atoms with Gasteiger partial charge in [0.05, 0.1) is 35.1 Å². The summed E-state index contributed by atoms with van der Waals surface area (Å²) in [7, 11) is 0. The second-order valence-electron chi connectivity index (χ2n) is 6.27. The van der Waals surface area contributed by atoms with E-state index in [1.165, 1.54) is 11.1 Å². The summed E-state index contributed by atoms with van der Waals surface area (Å²) in [4.78, 5) is 0. The van der Waals surface area contributed by atoms with Gasteiger partial charge >= 0.3 is 0 Å². The third-order valence-electron chi connectivity index (χ3n) is 4.31. The van der Waals surface area contributed by atoms with Gasteiger partial charge in [0.1, 0.15) is 11.4 Å². The van der Waals surface area contributed by atoms with Crippen molar-refractivity contribution in [2.75, 3.05) is 0 Å². The molecule has 3 aromatic rings. The highest BCUT2D eigenvalue weighted by Gasteiger charge is 2.28. The molecule has 0 fully saturated rings. The molecule has 24 heavy (non-hydrogen) atoms. The number of hydrogen-bond donors (Lipinski definition) is 0. The quantitative estimate of drug-likeness (QED) is 0.546. The molecule has 0 saturated carbocycles. The van der Waals surface area contributed by atoms with Crippen LogP contribution in [0.1, 0.15) is 31.1 Å². The van der Waals surface area contributed by atoms with E-state index in [-0.39, 0.29) is 12.2 Å². The Kier molecular flexibility index (Phi) is 4.14. The monoisotopic (exact) mass is 431 g/mol. The first-order valence-electron chi connectivity index (χ1n) is 8.10. The van der Waals surface area contributed by atoms with Crippen molar-refractivity contribution < 1.29 is 4.74 Å². The van der Waals surface area contributed by atoms with Crippen molar-refractivity contribution in [1.29, 1.82) is 0 Å². The number of nitrogens with zero attached hydrogens (tertiary/aromatic N) is 3. The Labute approximate surface area is 155 Å². The van der Waals surface area contributed by atoms with E-state index in [1.807, 2.05) is 2.90 Å². The van der Waals surface area contributed by atoms with Crippen LogP contribution in [0.15, 0.2) is 48.5 Å². The second kappa shape index (κ2) is 6.29. The molecule has 2 aromatic carbocycles. The largest absolute Gasteiger partial charge is 0.371 e. The summed E-state index contributed by atoms with van der Waals surface area (Å²) in [6.07, 6.45) is 1.01. The SMILES string of the molecule is CC(C)OC1Cc2ccccc2-c2nnn(I)c2-c2ccccc21. The van der Waals surface area contributed by atoms with Gasteiger partial charge in [-0.2, -0.15) is 2.90 Å². The number of hydrogen-bond acceptors (Lipinski definition) is 3. The Hall–Kier alpha value is -1.73. The fraction of sp³-hybridized carbons (Fsp3) is 0.263. The number of ether oxygens (including phenoxy) is 1. The molecule has 1 atom stereocenters. The first-order chi connectivity index (χ1) is 11.6. The molecule has 1 aromatic heterocycles. The molecular weight excluding hydrogens is 413 g/mol. The van der Waals surface area contributed by atoms with Gasteiger partial charge in [-0.3, -0.25) is 0 Å². The molecule has 0 amide bonds. The van der Waals surface area contributed by atoms with Gasteiger partial charge in [0, 0.05) is 17.5 Å². The number of aromatic nitrogens is 3. The van der Waals surface area contributed by atoms with Crippen molar-refractivity contribution in [3.05, 3.63) is 59.7 Å². The number of rotatable bonds is 2. The van der Waals surface area contributed by atoms with Crippen LogP contribution < -0.4 is 0 Å². The molecule has 0 saturated heterocycles. The maximum atomic E-state index is 6.29. The smallest absolute Gasteiger partial charge is 0.122 e. The fourth-order valence-corrected chi connectivity index (χ4v) is 3.94. The lowest BCUT2D eigenvalue weighted by Crippen LogP contribution is -2.16. The Morgan fingerprint density at radius 3 is 2.58 bits per heavy atom. The average molecular weight is 431 g/mol. The van der Waals surface area contributed by atoms with Crippen molar-refractivity contribution in [3.63, 3.8) is 0 Å². The highest BCUT2D eigenvalue weighted by Crippen LogP contribution is 2.42. The third kappa shape index (κ3) is 2.65. The van der Waals surface area contributed by atoms with Gasteiger partial charge in [-0.05, 0) is 25.0 Å². The Balaban J connectivity index is 2.02. The second-order valence-corrected chi connectivity index (χ2v) is 7.18. The zero-order chi connectivity index (χ0) is 16.7. The van der Waals surface area contributed by atoms with E-state index in [0.29, 0.717) is 0 Å². The predicted octanol–water partition coefficient (Wildman–Crippen LogP) is 4.83. The molecule has 0 N–H and O–H groups in total. The van der Waals surface area contributed by atoms with E-state index >= 15 is 0 Å². The Morgan fingerprint density at radius 1 is 1.08 bits per heavy atom. The van der Waals surface area contributed by atoms with E-state index < -0.39 is 0 Å². The molecule has 5 heteroatoms. The van der Waals surface area contributed by atoms with Crippen LogP contribution in [0.5, 0.6) is 0 Å². The van der Waals surface area contributed by atoms with Crippen molar-refractivity contribution in [2.45, 2.75) is 32.5 Å². The summed E-state index contributed by atoms with van der Waals surface area (Å²) in [6.45, 7) is 4.17. The van der Waals surface area contributed by atoms with Crippen LogP contribution in [-0.4, -0.2) is 19.3 Å². The summed E-state index contributed by atoms with van der Waals surface area (Å²) in [6, 6.07) is 16.8. The molecule has 1 unspecified atom stereocenters. The molecular formula is C19H18IN3O. The van der Waals surface area contributed by atoms with Crippen molar-refractivity contribution in [2.24, 2.45) is 0 Å². The van der Waals surface area contributed by atoms with Gasteiger partial charge < -0.3 is 4.74 Å². The van der Waals surface area contributed by atoms with Crippen molar-refractivity contribution in [3.8, 4) is 22.5 Å². The lowest BCUT2D eigenvalue weighted by Gasteiger charge is -2.26. The minimum absolute atomic E-state index is 0.0156. The highest BCUT2D eigenvalue weighted by molar-refractivity contribution is 14.1. The van der Waals surface area contributed by atoms with Crippen LogP contribution >= 0.6 is 22.9 Å². The number of halogens is 1. The zero-order valence-electron chi connectivity index (χ0n) is 13.6. The molecule has 4 nitrogen and oxygen atoms in total. The summed E-state index contributed by atoms with van der Waals surface area (Å²) in [5, 5.41) is 8.73. The number of fused-ring (bicyclic) bond motifs is 5. The molecule has 0 bridgehead atoms. The first kappa shape index (κ1) is 15.8. The molecule has 1 aliphatic rings. The van der Waals surface area contributed by atoms with E-state index in [9.17, 15) is 0 Å². The average Bonchev–Trinajstić information content (AvgIpc) is 2.94. The molecule has 0 radical (unpaired) electrons. The van der Waals surface area contributed by atoms with Gasteiger partial charge in [-0.25, -0.2) is 0 Å². The Bertz CT molecular complexity index is 888. The summed E-state index contributed by atoms with van der Waals surface area (Å²) >= 11 is 2.20. The van der Waals surface area contributed by atoms with Gasteiger partial charge in [-0.1, -0.05) is 53.7 Å². The van der Waals surface area contributed by atoms with Gasteiger partial charge in [0.2, 0.25) is 0 Å². The molecule has 122 valence electrons. The minimum Gasteiger partial charge on any atom is -0.371 e. The van der Waals surface area contributed by atoms with E-state index in [0.717, 1.165) is 28.9 Å². The summed E-state index contributed by atoms with van der Waals surface area (Å²) in [5.74, 6) is 0. The van der Waals surface area contributed by atoms with E-state index in [4.69, 9.17) is 4.74 Å². The highest BCUT2D eigenvalue weighted by atomic mass is 127. The maximum Gasteiger partial charge on any atom is 0.122 e. The van der Waals surface area contributed by atoms with Crippen LogP contribution in [0.3, 0.4) is 0 Å². The van der Waals surface area contributed by atoms with E-state index in [1.54, 1.807) is 0 Å². The molecule has 1 heterocycles. The van der Waals surface area contributed by atoms with Gasteiger partial charge in [-0.15, -0.1) is 5.10 Å². The number of benzene rings is 2. The normalized spacial score (nSPS) is 16.1. The topological polar surface area (TPSA) is 39.9 Å². The van der Waals surface area contributed by atoms with Gasteiger partial charge in [0.25, 0.3) is 0 Å². The van der Waals surface area contributed by atoms with Crippen molar-refractivity contribution >= 4 is 22.9 Å². The van der Waals surface area contributed by atoms with Crippen LogP contribution in [0.2, 0.25) is 0 Å². The molecule has 4 rings (SSSR count). The van der Waals surface area contributed by atoms with Crippen LogP contribution in [0.25, 0.3) is 22.5 Å². The lowest BCUT2D eigenvalue weighted by molar-refractivity contribution is 0.00717. The molecule has 0 aliphatic heterocycles. The maximum absolute atomic E-state index is 6.29. The standard InChI is InChI=1S/C19H18IN3O/c1-12(2)24-17-11-13-7-3-4-8-14(13)18-19(23(20)22-21-18)16-10-6-5-9-15(16)17/h3-10,12,17H,11H2,1-2H3. The first-order valence-corrected chi connectivity index (χ1v) is 9.06. The summed E-state index contributed by atoms with van der Waals surface area (Å²) in [5.41, 5.74) is 6.71. The third-order valence-corrected chi connectivity index (χ3v) is 4.98. The van der Waals surface area contributed by atoms with Crippen LogP contribution in [0, 0.1) is 0 Å².